The average molecular weight is 411 g/mol. The van der Waals surface area contributed by atoms with Crippen LogP contribution in [-0.2, 0) is 0 Å². The molecule has 0 aliphatic heterocycles. The van der Waals surface area contributed by atoms with E-state index in [0.717, 1.165) is 42.5 Å². The van der Waals surface area contributed by atoms with Gasteiger partial charge in [0, 0.05) is 25.0 Å². The molecule has 0 fully saturated rings. The van der Waals surface area contributed by atoms with Crippen molar-refractivity contribution in [2.24, 2.45) is 4.99 Å². The Morgan fingerprint density at radius 2 is 1.85 bits per heavy atom. The van der Waals surface area contributed by atoms with Gasteiger partial charge < -0.3 is 10.6 Å². The summed E-state index contributed by atoms with van der Waals surface area (Å²) in [6.07, 6.45) is 2.12. The molecule has 0 saturated heterocycles. The first-order chi connectivity index (χ1) is 9.26. The molecule has 1 rings (SSSR count). The van der Waals surface area contributed by atoms with Crippen molar-refractivity contribution in [2.45, 2.75) is 24.7 Å². The first kappa shape index (κ1) is 19.5. The zero-order chi connectivity index (χ0) is 13.9. The molecule has 0 atom stereocenters. The van der Waals surface area contributed by atoms with Gasteiger partial charge in [0.1, 0.15) is 5.82 Å². The Kier molecular flexibility index (Phi) is 12.0. The van der Waals surface area contributed by atoms with Gasteiger partial charge in [0.25, 0.3) is 0 Å². The molecule has 0 radical (unpaired) electrons. The number of benzene rings is 1. The first-order valence-corrected chi connectivity index (χ1v) is 7.57. The van der Waals surface area contributed by atoms with Crippen LogP contribution in [-0.4, -0.2) is 31.8 Å². The third kappa shape index (κ3) is 8.63. The maximum atomic E-state index is 12.7. The topological polar surface area (TPSA) is 36.4 Å². The van der Waals surface area contributed by atoms with E-state index < -0.39 is 0 Å². The Labute approximate surface area is 142 Å². The van der Waals surface area contributed by atoms with Gasteiger partial charge in [-0.2, -0.15) is 0 Å². The molecular formula is C14H23FIN3S. The lowest BCUT2D eigenvalue weighted by Gasteiger charge is -2.10. The van der Waals surface area contributed by atoms with E-state index in [0.29, 0.717) is 0 Å². The molecule has 1 aromatic rings. The van der Waals surface area contributed by atoms with Crippen molar-refractivity contribution in [3.05, 3.63) is 30.1 Å². The molecular weight excluding hydrogens is 388 g/mol. The summed E-state index contributed by atoms with van der Waals surface area (Å²) >= 11 is 1.74. The molecule has 1 aromatic carbocycles. The Balaban J connectivity index is 0.00000361. The minimum atomic E-state index is -0.184. The van der Waals surface area contributed by atoms with Crippen LogP contribution < -0.4 is 10.6 Å². The summed E-state index contributed by atoms with van der Waals surface area (Å²) in [5, 5.41) is 6.49. The summed E-state index contributed by atoms with van der Waals surface area (Å²) in [6, 6.07) is 6.62. The van der Waals surface area contributed by atoms with E-state index in [1.165, 1.54) is 12.1 Å². The van der Waals surface area contributed by atoms with Crippen molar-refractivity contribution < 1.29 is 4.39 Å². The van der Waals surface area contributed by atoms with Gasteiger partial charge in [0.05, 0.1) is 0 Å². The SMILES string of the molecule is CCCNC(=NC)NCCCSc1ccc(F)cc1.I. The van der Waals surface area contributed by atoms with Gasteiger partial charge in [0.2, 0.25) is 0 Å². The zero-order valence-corrected chi connectivity index (χ0v) is 15.1. The number of hydrogen-bond donors (Lipinski definition) is 2. The fraction of sp³-hybridized carbons (Fsp3) is 0.500. The van der Waals surface area contributed by atoms with Gasteiger partial charge in [-0.05, 0) is 42.9 Å². The average Bonchev–Trinajstić information content (AvgIpc) is 2.44. The van der Waals surface area contributed by atoms with E-state index >= 15 is 0 Å². The van der Waals surface area contributed by atoms with Crippen LogP contribution in [0.3, 0.4) is 0 Å². The molecule has 0 unspecified atom stereocenters. The number of nitrogens with one attached hydrogen (secondary N) is 2. The quantitative estimate of drug-likeness (QED) is 0.237. The van der Waals surface area contributed by atoms with E-state index in [2.05, 4.69) is 22.5 Å². The number of rotatable bonds is 7. The van der Waals surface area contributed by atoms with E-state index in [9.17, 15) is 4.39 Å². The number of thioether (sulfide) groups is 1. The Bertz CT molecular complexity index is 385. The second kappa shape index (κ2) is 12.3. The molecule has 20 heavy (non-hydrogen) atoms. The van der Waals surface area contributed by atoms with Crippen LogP contribution in [0.2, 0.25) is 0 Å². The minimum Gasteiger partial charge on any atom is -0.356 e. The molecule has 0 aromatic heterocycles. The summed E-state index contributed by atoms with van der Waals surface area (Å²) in [6.45, 7) is 3.95. The number of halogens is 2. The van der Waals surface area contributed by atoms with E-state index in [-0.39, 0.29) is 29.8 Å². The molecule has 0 saturated carbocycles. The molecule has 114 valence electrons. The normalized spacial score (nSPS) is 10.8. The fourth-order valence-corrected chi connectivity index (χ4v) is 2.32. The van der Waals surface area contributed by atoms with Gasteiger partial charge in [-0.1, -0.05) is 6.92 Å². The van der Waals surface area contributed by atoms with Gasteiger partial charge >= 0.3 is 0 Å². The van der Waals surface area contributed by atoms with Gasteiger partial charge in [-0.3, -0.25) is 4.99 Å². The van der Waals surface area contributed by atoms with Crippen molar-refractivity contribution in [1.29, 1.82) is 0 Å². The molecule has 0 aliphatic rings. The smallest absolute Gasteiger partial charge is 0.190 e. The molecule has 3 nitrogen and oxygen atoms in total. The van der Waals surface area contributed by atoms with E-state index in [4.69, 9.17) is 0 Å². The lowest BCUT2D eigenvalue weighted by molar-refractivity contribution is 0.626. The Hall–Kier alpha value is -0.500. The van der Waals surface area contributed by atoms with Gasteiger partial charge in [-0.15, -0.1) is 35.7 Å². The van der Waals surface area contributed by atoms with Crippen LogP contribution in [0.1, 0.15) is 19.8 Å². The highest BCUT2D eigenvalue weighted by Crippen LogP contribution is 2.18. The van der Waals surface area contributed by atoms with Crippen molar-refractivity contribution in [1.82, 2.24) is 10.6 Å². The van der Waals surface area contributed by atoms with E-state index in [1.807, 2.05) is 12.1 Å². The monoisotopic (exact) mass is 411 g/mol. The Morgan fingerprint density at radius 1 is 1.20 bits per heavy atom. The van der Waals surface area contributed by atoms with Crippen LogP contribution >= 0.6 is 35.7 Å². The molecule has 2 N–H and O–H groups in total. The summed E-state index contributed by atoms with van der Waals surface area (Å²) in [5.74, 6) is 1.68. The van der Waals surface area contributed by atoms with Crippen LogP contribution in [0.5, 0.6) is 0 Å². The van der Waals surface area contributed by atoms with Crippen molar-refractivity contribution >= 4 is 41.7 Å². The molecule has 6 heteroatoms. The summed E-state index contributed by atoms with van der Waals surface area (Å²) in [7, 11) is 1.78. The molecule has 0 bridgehead atoms. The Morgan fingerprint density at radius 3 is 2.45 bits per heavy atom. The maximum absolute atomic E-state index is 12.7. The van der Waals surface area contributed by atoms with Crippen LogP contribution in [0.15, 0.2) is 34.2 Å². The summed E-state index contributed by atoms with van der Waals surface area (Å²) in [4.78, 5) is 5.24. The molecule has 0 aliphatic carbocycles. The van der Waals surface area contributed by atoms with Gasteiger partial charge in [0.15, 0.2) is 5.96 Å². The summed E-state index contributed by atoms with van der Waals surface area (Å²) < 4.78 is 12.7. The highest BCUT2D eigenvalue weighted by molar-refractivity contribution is 14.0. The zero-order valence-electron chi connectivity index (χ0n) is 12.0. The number of guanidine groups is 1. The van der Waals surface area contributed by atoms with Crippen molar-refractivity contribution in [3.63, 3.8) is 0 Å². The third-order valence-corrected chi connectivity index (χ3v) is 3.56. The number of nitrogens with zero attached hydrogens (tertiary/aromatic N) is 1. The summed E-state index contributed by atoms with van der Waals surface area (Å²) in [5.41, 5.74) is 0. The van der Waals surface area contributed by atoms with Crippen molar-refractivity contribution in [3.8, 4) is 0 Å². The highest BCUT2D eigenvalue weighted by atomic mass is 127. The standard InChI is InChI=1S/C14H22FN3S.HI/c1-3-9-17-14(16-2)18-10-4-11-19-13-7-5-12(15)6-8-13;/h5-8H,3-4,9-11H2,1-2H3,(H2,16,17,18);1H. The second-order valence-electron chi connectivity index (χ2n) is 4.08. The predicted octanol–water partition coefficient (Wildman–Crippen LogP) is 3.50. The predicted molar refractivity (Wildman–Crippen MR) is 96.8 cm³/mol. The number of hydrogen-bond acceptors (Lipinski definition) is 2. The van der Waals surface area contributed by atoms with Crippen molar-refractivity contribution in [2.75, 3.05) is 25.9 Å². The second-order valence-corrected chi connectivity index (χ2v) is 5.25. The third-order valence-electron chi connectivity index (χ3n) is 2.46. The van der Waals surface area contributed by atoms with E-state index in [1.54, 1.807) is 18.8 Å². The minimum absolute atomic E-state index is 0. The largest absolute Gasteiger partial charge is 0.356 e. The van der Waals surface area contributed by atoms with Crippen LogP contribution in [0.4, 0.5) is 4.39 Å². The van der Waals surface area contributed by atoms with Gasteiger partial charge in [-0.25, -0.2) is 4.39 Å². The fourth-order valence-electron chi connectivity index (χ4n) is 1.46. The lowest BCUT2D eigenvalue weighted by Crippen LogP contribution is -2.38. The maximum Gasteiger partial charge on any atom is 0.190 e. The molecule has 0 heterocycles. The van der Waals surface area contributed by atoms with Crippen LogP contribution in [0.25, 0.3) is 0 Å². The highest BCUT2D eigenvalue weighted by Gasteiger charge is 1.97. The van der Waals surface area contributed by atoms with Crippen LogP contribution in [0, 0.1) is 5.82 Å². The lowest BCUT2D eigenvalue weighted by atomic mass is 10.4. The molecule has 0 amide bonds. The number of aliphatic imine (C=N–C) groups is 1. The first-order valence-electron chi connectivity index (χ1n) is 6.59. The molecule has 0 spiro atoms.